The fourth-order valence-electron chi connectivity index (χ4n) is 3.57. The van der Waals surface area contributed by atoms with Crippen molar-refractivity contribution in [3.05, 3.63) is 41.0 Å². The quantitative estimate of drug-likeness (QED) is 0.547. The predicted octanol–water partition coefficient (Wildman–Crippen LogP) is 5.23. The number of rotatable bonds is 7. The fourth-order valence-corrected chi connectivity index (χ4v) is 3.57. The zero-order valence-corrected chi connectivity index (χ0v) is 13.5. The number of hydrogen-bond acceptors (Lipinski definition) is 2. The standard InChI is InChI=1S/C19H27NO/c1-4-6-9-19-10-8-17(21-19)18-15(19)12-14(3)13-16(18)20-11-7-5-2/h8,10,12-13,17,20H,4-7,9,11H2,1-3H3. The molecule has 1 aromatic rings. The Hall–Kier alpha value is -1.28. The number of aryl methyl sites for hydroxylation is 1. The first-order valence-corrected chi connectivity index (χ1v) is 8.46. The molecule has 0 amide bonds. The Kier molecular flexibility index (Phi) is 4.08. The maximum atomic E-state index is 6.38. The molecule has 2 aliphatic rings. The van der Waals surface area contributed by atoms with Crippen molar-refractivity contribution < 1.29 is 4.74 Å². The van der Waals surface area contributed by atoms with Gasteiger partial charge in [-0.1, -0.05) is 45.3 Å². The molecule has 1 aromatic carbocycles. The predicted molar refractivity (Wildman–Crippen MR) is 88.7 cm³/mol. The monoisotopic (exact) mass is 285 g/mol. The molecule has 0 fully saturated rings. The average Bonchev–Trinajstić information content (AvgIpc) is 3.02. The SMILES string of the molecule is CCCCNc1cc(C)cc2c1C1C=CC2(CCCC)O1. The first-order chi connectivity index (χ1) is 10.2. The van der Waals surface area contributed by atoms with Crippen LogP contribution in [0.25, 0.3) is 0 Å². The molecule has 0 saturated carbocycles. The van der Waals surface area contributed by atoms with Crippen LogP contribution >= 0.6 is 0 Å². The smallest absolute Gasteiger partial charge is 0.113 e. The first-order valence-electron chi connectivity index (χ1n) is 8.46. The van der Waals surface area contributed by atoms with Gasteiger partial charge in [-0.05, 0) is 43.0 Å². The minimum absolute atomic E-state index is 0.150. The highest BCUT2D eigenvalue weighted by molar-refractivity contribution is 5.64. The topological polar surface area (TPSA) is 21.3 Å². The summed E-state index contributed by atoms with van der Waals surface area (Å²) in [6.45, 7) is 7.71. The van der Waals surface area contributed by atoms with E-state index in [1.807, 2.05) is 0 Å². The summed E-state index contributed by atoms with van der Waals surface area (Å²) in [5.74, 6) is 0. The molecule has 0 saturated heterocycles. The molecule has 0 radical (unpaired) electrons. The van der Waals surface area contributed by atoms with Crippen LogP contribution in [0.3, 0.4) is 0 Å². The van der Waals surface area contributed by atoms with E-state index >= 15 is 0 Å². The maximum absolute atomic E-state index is 6.38. The van der Waals surface area contributed by atoms with Crippen LogP contribution in [0.15, 0.2) is 24.3 Å². The van der Waals surface area contributed by atoms with Crippen molar-refractivity contribution in [3.8, 4) is 0 Å². The lowest BCUT2D eigenvalue weighted by atomic mass is 9.82. The highest BCUT2D eigenvalue weighted by atomic mass is 16.5. The van der Waals surface area contributed by atoms with Crippen LogP contribution in [0, 0.1) is 6.92 Å². The molecule has 2 nitrogen and oxygen atoms in total. The number of nitrogens with one attached hydrogen (secondary N) is 1. The molecule has 2 atom stereocenters. The van der Waals surface area contributed by atoms with Gasteiger partial charge in [0.2, 0.25) is 0 Å². The molecule has 2 heterocycles. The molecule has 114 valence electrons. The molecule has 2 bridgehead atoms. The van der Waals surface area contributed by atoms with E-state index in [4.69, 9.17) is 4.74 Å². The normalized spacial score (nSPS) is 25.4. The van der Waals surface area contributed by atoms with E-state index in [2.05, 4.69) is 50.4 Å². The van der Waals surface area contributed by atoms with E-state index in [-0.39, 0.29) is 11.7 Å². The Morgan fingerprint density at radius 1 is 1.19 bits per heavy atom. The van der Waals surface area contributed by atoms with Gasteiger partial charge < -0.3 is 10.1 Å². The molecular formula is C19H27NO. The van der Waals surface area contributed by atoms with Crippen molar-refractivity contribution in [1.29, 1.82) is 0 Å². The first kappa shape index (κ1) is 14.6. The average molecular weight is 285 g/mol. The molecule has 2 unspecified atom stereocenters. The molecule has 2 heteroatoms. The van der Waals surface area contributed by atoms with Crippen molar-refractivity contribution in [2.24, 2.45) is 0 Å². The van der Waals surface area contributed by atoms with Crippen LogP contribution in [-0.2, 0) is 10.3 Å². The van der Waals surface area contributed by atoms with Gasteiger partial charge in [0.05, 0.1) is 0 Å². The Morgan fingerprint density at radius 2 is 2.00 bits per heavy atom. The van der Waals surface area contributed by atoms with E-state index in [1.165, 1.54) is 48.1 Å². The Bertz CT molecular complexity index is 549. The van der Waals surface area contributed by atoms with Gasteiger partial charge in [0.1, 0.15) is 11.7 Å². The largest absolute Gasteiger partial charge is 0.385 e. The van der Waals surface area contributed by atoms with Crippen molar-refractivity contribution in [2.45, 2.75) is 64.6 Å². The number of ether oxygens (including phenoxy) is 1. The number of benzene rings is 1. The third kappa shape index (κ3) is 2.50. The van der Waals surface area contributed by atoms with Gasteiger partial charge in [0.15, 0.2) is 0 Å². The van der Waals surface area contributed by atoms with Crippen molar-refractivity contribution in [2.75, 3.05) is 11.9 Å². The van der Waals surface area contributed by atoms with Crippen LogP contribution in [0.1, 0.15) is 68.7 Å². The van der Waals surface area contributed by atoms with E-state index < -0.39 is 0 Å². The lowest BCUT2D eigenvalue weighted by molar-refractivity contribution is -0.00988. The lowest BCUT2D eigenvalue weighted by Crippen LogP contribution is -2.21. The summed E-state index contributed by atoms with van der Waals surface area (Å²) in [7, 11) is 0. The summed E-state index contributed by atoms with van der Waals surface area (Å²) in [5, 5.41) is 3.63. The van der Waals surface area contributed by atoms with Gasteiger partial charge in [-0.15, -0.1) is 0 Å². The second-order valence-corrected chi connectivity index (χ2v) is 6.44. The van der Waals surface area contributed by atoms with E-state index in [0.29, 0.717) is 0 Å². The van der Waals surface area contributed by atoms with Gasteiger partial charge in [0.25, 0.3) is 0 Å². The zero-order chi connectivity index (χ0) is 14.9. The Labute approximate surface area is 128 Å². The number of anilines is 1. The van der Waals surface area contributed by atoms with Gasteiger partial charge >= 0.3 is 0 Å². The van der Waals surface area contributed by atoms with Crippen LogP contribution in [0.5, 0.6) is 0 Å². The van der Waals surface area contributed by atoms with Crippen LogP contribution in [0.4, 0.5) is 5.69 Å². The highest BCUT2D eigenvalue weighted by Crippen LogP contribution is 2.55. The summed E-state index contributed by atoms with van der Waals surface area (Å²) in [5.41, 5.74) is 5.25. The molecule has 0 aliphatic carbocycles. The zero-order valence-electron chi connectivity index (χ0n) is 13.5. The van der Waals surface area contributed by atoms with Gasteiger partial charge in [0, 0.05) is 17.8 Å². The second kappa shape index (κ2) is 5.84. The summed E-state index contributed by atoms with van der Waals surface area (Å²) >= 11 is 0. The molecule has 21 heavy (non-hydrogen) atoms. The van der Waals surface area contributed by atoms with Crippen molar-refractivity contribution in [3.63, 3.8) is 0 Å². The lowest BCUT2D eigenvalue weighted by Gasteiger charge is -2.25. The molecule has 2 aliphatic heterocycles. The van der Waals surface area contributed by atoms with Crippen LogP contribution in [0.2, 0.25) is 0 Å². The minimum atomic E-state index is -0.150. The highest BCUT2D eigenvalue weighted by Gasteiger charge is 2.47. The van der Waals surface area contributed by atoms with Crippen LogP contribution in [-0.4, -0.2) is 6.54 Å². The van der Waals surface area contributed by atoms with Gasteiger partial charge in [-0.25, -0.2) is 0 Å². The van der Waals surface area contributed by atoms with E-state index in [9.17, 15) is 0 Å². The number of hydrogen-bond donors (Lipinski definition) is 1. The summed E-state index contributed by atoms with van der Waals surface area (Å²) in [4.78, 5) is 0. The summed E-state index contributed by atoms with van der Waals surface area (Å²) in [6.07, 6.45) is 10.7. The maximum Gasteiger partial charge on any atom is 0.113 e. The fraction of sp³-hybridized carbons (Fsp3) is 0.579. The molecule has 3 rings (SSSR count). The molecule has 0 spiro atoms. The molecule has 0 aromatic heterocycles. The minimum Gasteiger partial charge on any atom is -0.385 e. The van der Waals surface area contributed by atoms with Crippen LogP contribution < -0.4 is 5.32 Å². The summed E-state index contributed by atoms with van der Waals surface area (Å²) < 4.78 is 6.38. The number of unbranched alkanes of at least 4 members (excludes halogenated alkanes) is 2. The second-order valence-electron chi connectivity index (χ2n) is 6.44. The molecular weight excluding hydrogens is 258 g/mol. The number of fused-ring (bicyclic) bond motifs is 5. The van der Waals surface area contributed by atoms with Gasteiger partial charge in [-0.2, -0.15) is 0 Å². The van der Waals surface area contributed by atoms with Crippen molar-refractivity contribution in [1.82, 2.24) is 0 Å². The van der Waals surface area contributed by atoms with E-state index in [1.54, 1.807) is 0 Å². The van der Waals surface area contributed by atoms with Crippen molar-refractivity contribution >= 4 is 5.69 Å². The van der Waals surface area contributed by atoms with Gasteiger partial charge in [-0.3, -0.25) is 0 Å². The Morgan fingerprint density at radius 3 is 2.76 bits per heavy atom. The molecule has 1 N–H and O–H groups in total. The summed E-state index contributed by atoms with van der Waals surface area (Å²) in [6, 6.07) is 4.61. The van der Waals surface area contributed by atoms with E-state index in [0.717, 1.165) is 13.0 Å². The Balaban J connectivity index is 1.93. The third-order valence-corrected chi connectivity index (χ3v) is 4.69. The third-order valence-electron chi connectivity index (χ3n) is 4.69.